The van der Waals surface area contributed by atoms with Crippen LogP contribution in [0, 0.1) is 0 Å². The molecule has 0 saturated carbocycles. The van der Waals surface area contributed by atoms with Gasteiger partial charge in [0, 0.05) is 10.3 Å². The number of para-hydroxylation sites is 1. The van der Waals surface area contributed by atoms with Crippen LogP contribution >= 0.6 is 11.3 Å². The first kappa shape index (κ1) is 12.2. The summed E-state index contributed by atoms with van der Waals surface area (Å²) in [6, 6.07) is 16.1. The number of hydrogen-bond donors (Lipinski definition) is 1. The van der Waals surface area contributed by atoms with Crippen molar-refractivity contribution in [1.29, 1.82) is 0 Å². The highest BCUT2D eigenvalue weighted by Crippen LogP contribution is 2.34. The van der Waals surface area contributed by atoms with Crippen LogP contribution in [0.25, 0.3) is 10.1 Å². The summed E-state index contributed by atoms with van der Waals surface area (Å²) in [5.41, 5.74) is 8.61. The van der Waals surface area contributed by atoms with Gasteiger partial charge in [-0.3, -0.25) is 0 Å². The summed E-state index contributed by atoms with van der Waals surface area (Å²) in [5, 5.41) is 3.34. The molecule has 0 aliphatic rings. The van der Waals surface area contributed by atoms with E-state index in [1.807, 2.05) is 24.3 Å². The van der Waals surface area contributed by atoms with E-state index < -0.39 is 0 Å². The molecule has 2 N–H and O–H groups in total. The van der Waals surface area contributed by atoms with Crippen LogP contribution in [0.3, 0.4) is 0 Å². The summed E-state index contributed by atoms with van der Waals surface area (Å²) in [5.74, 6) is 0.837. The van der Waals surface area contributed by atoms with Crippen LogP contribution in [0.4, 0.5) is 0 Å². The van der Waals surface area contributed by atoms with Crippen molar-refractivity contribution < 1.29 is 4.74 Å². The average molecular weight is 269 g/mol. The van der Waals surface area contributed by atoms with Crippen LogP contribution in [-0.2, 0) is 0 Å². The zero-order valence-electron chi connectivity index (χ0n) is 10.7. The Morgan fingerprint density at radius 2 is 1.79 bits per heavy atom. The molecule has 96 valence electrons. The zero-order valence-corrected chi connectivity index (χ0v) is 11.5. The lowest BCUT2D eigenvalue weighted by Crippen LogP contribution is -2.13. The molecule has 19 heavy (non-hydrogen) atoms. The quantitative estimate of drug-likeness (QED) is 0.781. The first-order chi connectivity index (χ1) is 9.31. The molecule has 3 heteroatoms. The van der Waals surface area contributed by atoms with Gasteiger partial charge in [-0.2, -0.15) is 0 Å². The number of rotatable bonds is 3. The molecule has 0 amide bonds. The molecule has 0 spiro atoms. The Balaban J connectivity index is 2.13. The molecule has 1 aromatic heterocycles. The van der Waals surface area contributed by atoms with Gasteiger partial charge in [0.1, 0.15) is 5.75 Å². The predicted octanol–water partition coefficient (Wildman–Crippen LogP) is 3.96. The van der Waals surface area contributed by atoms with E-state index >= 15 is 0 Å². The second kappa shape index (κ2) is 5.03. The van der Waals surface area contributed by atoms with Crippen molar-refractivity contribution in [1.82, 2.24) is 0 Å². The Morgan fingerprint density at radius 3 is 2.63 bits per heavy atom. The Bertz CT molecular complexity index is 705. The van der Waals surface area contributed by atoms with E-state index in [1.54, 1.807) is 18.4 Å². The fraction of sp³-hybridized carbons (Fsp3) is 0.125. The minimum atomic E-state index is -0.168. The largest absolute Gasteiger partial charge is 0.496 e. The highest BCUT2D eigenvalue weighted by molar-refractivity contribution is 7.17. The maximum absolute atomic E-state index is 6.44. The van der Waals surface area contributed by atoms with Crippen LogP contribution in [0.5, 0.6) is 5.75 Å². The van der Waals surface area contributed by atoms with Crippen molar-refractivity contribution in [3.63, 3.8) is 0 Å². The number of nitrogens with two attached hydrogens (primary N) is 1. The van der Waals surface area contributed by atoms with Crippen LogP contribution in [0.15, 0.2) is 53.9 Å². The van der Waals surface area contributed by atoms with Gasteiger partial charge < -0.3 is 10.5 Å². The number of benzene rings is 2. The molecule has 1 heterocycles. The first-order valence-electron chi connectivity index (χ1n) is 6.16. The van der Waals surface area contributed by atoms with Gasteiger partial charge in [0.25, 0.3) is 0 Å². The van der Waals surface area contributed by atoms with Crippen LogP contribution < -0.4 is 10.5 Å². The van der Waals surface area contributed by atoms with E-state index in [-0.39, 0.29) is 6.04 Å². The molecule has 0 aliphatic carbocycles. The van der Waals surface area contributed by atoms with Gasteiger partial charge in [-0.05, 0) is 28.5 Å². The second-order valence-electron chi connectivity index (χ2n) is 4.41. The monoisotopic (exact) mass is 269 g/mol. The van der Waals surface area contributed by atoms with Crippen molar-refractivity contribution >= 4 is 21.4 Å². The molecule has 0 radical (unpaired) electrons. The van der Waals surface area contributed by atoms with E-state index in [0.717, 1.165) is 16.9 Å². The Morgan fingerprint density at radius 1 is 1.00 bits per heavy atom. The lowest BCUT2D eigenvalue weighted by molar-refractivity contribution is 0.408. The molecule has 2 nitrogen and oxygen atoms in total. The Kier molecular flexibility index (Phi) is 3.23. The van der Waals surface area contributed by atoms with Crippen molar-refractivity contribution in [2.24, 2.45) is 5.73 Å². The molecular formula is C16H15NOS. The standard InChI is InChI=1S/C16H15NOS/c1-18-14-8-3-2-6-12(14)15(17)13-7-4-5-11-9-10-19-16(11)13/h2-10,15H,17H2,1H3. The van der Waals surface area contributed by atoms with Gasteiger partial charge in [-0.15, -0.1) is 11.3 Å². The Hall–Kier alpha value is -1.84. The summed E-state index contributed by atoms with van der Waals surface area (Å²) in [6.07, 6.45) is 0. The maximum Gasteiger partial charge on any atom is 0.123 e. The maximum atomic E-state index is 6.44. The molecule has 0 bridgehead atoms. The number of fused-ring (bicyclic) bond motifs is 1. The van der Waals surface area contributed by atoms with E-state index in [0.29, 0.717) is 0 Å². The third-order valence-electron chi connectivity index (χ3n) is 3.32. The van der Waals surface area contributed by atoms with Gasteiger partial charge in [-0.1, -0.05) is 36.4 Å². The zero-order chi connectivity index (χ0) is 13.2. The summed E-state index contributed by atoms with van der Waals surface area (Å²) >= 11 is 1.73. The Labute approximate surface area is 116 Å². The lowest BCUT2D eigenvalue weighted by atomic mass is 9.98. The van der Waals surface area contributed by atoms with E-state index in [4.69, 9.17) is 10.5 Å². The van der Waals surface area contributed by atoms with Gasteiger partial charge in [0.15, 0.2) is 0 Å². The average Bonchev–Trinajstić information content (AvgIpc) is 2.94. The summed E-state index contributed by atoms with van der Waals surface area (Å²) in [7, 11) is 1.68. The molecule has 2 aromatic carbocycles. The van der Waals surface area contributed by atoms with Crippen LogP contribution in [0.2, 0.25) is 0 Å². The van der Waals surface area contributed by atoms with Crippen LogP contribution in [-0.4, -0.2) is 7.11 Å². The number of thiophene rings is 1. The van der Waals surface area contributed by atoms with Crippen molar-refractivity contribution in [3.05, 3.63) is 65.0 Å². The van der Waals surface area contributed by atoms with Gasteiger partial charge in [0.2, 0.25) is 0 Å². The van der Waals surface area contributed by atoms with Gasteiger partial charge >= 0.3 is 0 Å². The molecular weight excluding hydrogens is 254 g/mol. The SMILES string of the molecule is COc1ccccc1C(N)c1cccc2ccsc12. The van der Waals surface area contributed by atoms with Gasteiger partial charge in [-0.25, -0.2) is 0 Å². The summed E-state index contributed by atoms with van der Waals surface area (Å²) < 4.78 is 6.66. The molecule has 0 fully saturated rings. The van der Waals surface area contributed by atoms with E-state index in [2.05, 4.69) is 29.6 Å². The normalized spacial score (nSPS) is 12.5. The third kappa shape index (κ3) is 2.11. The highest BCUT2D eigenvalue weighted by atomic mass is 32.1. The van der Waals surface area contributed by atoms with E-state index in [9.17, 15) is 0 Å². The molecule has 3 rings (SSSR count). The first-order valence-corrected chi connectivity index (χ1v) is 7.04. The van der Waals surface area contributed by atoms with Crippen molar-refractivity contribution in [3.8, 4) is 5.75 Å². The molecule has 3 aromatic rings. The van der Waals surface area contributed by atoms with Crippen molar-refractivity contribution in [2.75, 3.05) is 7.11 Å². The highest BCUT2D eigenvalue weighted by Gasteiger charge is 2.16. The third-order valence-corrected chi connectivity index (χ3v) is 4.30. The van der Waals surface area contributed by atoms with Crippen LogP contribution in [0.1, 0.15) is 17.2 Å². The summed E-state index contributed by atoms with van der Waals surface area (Å²) in [6.45, 7) is 0. The molecule has 1 unspecified atom stereocenters. The second-order valence-corrected chi connectivity index (χ2v) is 5.32. The smallest absolute Gasteiger partial charge is 0.123 e. The molecule has 1 atom stereocenters. The fourth-order valence-corrected chi connectivity index (χ4v) is 3.31. The number of ether oxygens (including phenoxy) is 1. The molecule has 0 aliphatic heterocycles. The van der Waals surface area contributed by atoms with E-state index in [1.165, 1.54) is 10.1 Å². The number of hydrogen-bond acceptors (Lipinski definition) is 3. The molecule has 0 saturated heterocycles. The fourth-order valence-electron chi connectivity index (χ4n) is 2.35. The number of methoxy groups -OCH3 is 1. The summed E-state index contributed by atoms with van der Waals surface area (Å²) in [4.78, 5) is 0. The minimum absolute atomic E-state index is 0.168. The minimum Gasteiger partial charge on any atom is -0.496 e. The lowest BCUT2D eigenvalue weighted by Gasteiger charge is -2.16. The van der Waals surface area contributed by atoms with Crippen molar-refractivity contribution in [2.45, 2.75) is 6.04 Å². The van der Waals surface area contributed by atoms with Gasteiger partial charge in [0.05, 0.1) is 13.2 Å². The predicted molar refractivity (Wildman–Crippen MR) is 80.8 cm³/mol. The topological polar surface area (TPSA) is 35.2 Å².